The minimum absolute atomic E-state index is 0.142. The molecule has 19 heavy (non-hydrogen) atoms. The lowest BCUT2D eigenvalue weighted by Gasteiger charge is -2.06. The van der Waals surface area contributed by atoms with Crippen LogP contribution in [0.3, 0.4) is 0 Å². The molecule has 0 spiro atoms. The van der Waals surface area contributed by atoms with Gasteiger partial charge in [0.2, 0.25) is 5.91 Å². The van der Waals surface area contributed by atoms with E-state index in [2.05, 4.69) is 15.8 Å². The topological polar surface area (TPSA) is 79.8 Å². The summed E-state index contributed by atoms with van der Waals surface area (Å²) >= 11 is 0. The molecule has 1 aromatic carbocycles. The zero-order valence-corrected chi connectivity index (χ0v) is 11.2. The number of rotatable bonds is 4. The smallest absolute Gasteiger partial charge is 0.427 e. The molecule has 0 saturated heterocycles. The minimum Gasteiger partial charge on any atom is -0.449 e. The van der Waals surface area contributed by atoms with Gasteiger partial charge < -0.3 is 10.1 Å². The highest BCUT2D eigenvalue weighted by Crippen LogP contribution is 2.11. The molecule has 0 bridgehead atoms. The van der Waals surface area contributed by atoms with Crippen molar-refractivity contribution < 1.29 is 14.3 Å². The van der Waals surface area contributed by atoms with E-state index in [0.717, 1.165) is 5.56 Å². The predicted octanol–water partition coefficient (Wildman–Crippen LogP) is 2.12. The molecule has 0 aromatic heterocycles. The van der Waals surface area contributed by atoms with Crippen molar-refractivity contribution in [3.63, 3.8) is 0 Å². The van der Waals surface area contributed by atoms with Crippen molar-refractivity contribution >= 4 is 23.4 Å². The molecule has 102 valence electrons. The van der Waals surface area contributed by atoms with Gasteiger partial charge in [-0.15, -0.1) is 0 Å². The number of anilines is 1. The van der Waals surface area contributed by atoms with Crippen LogP contribution in [0.2, 0.25) is 0 Å². The second kappa shape index (κ2) is 7.15. The quantitative estimate of drug-likeness (QED) is 0.645. The molecular formula is C13H17N3O3. The van der Waals surface area contributed by atoms with Gasteiger partial charge in [0.25, 0.3) is 0 Å². The molecular weight excluding hydrogens is 246 g/mol. The van der Waals surface area contributed by atoms with Gasteiger partial charge in [-0.05, 0) is 31.5 Å². The Labute approximate surface area is 111 Å². The number of nitrogens with one attached hydrogen (secondary N) is 2. The zero-order chi connectivity index (χ0) is 14.3. The van der Waals surface area contributed by atoms with E-state index in [9.17, 15) is 9.59 Å². The van der Waals surface area contributed by atoms with Gasteiger partial charge in [-0.3, -0.25) is 4.79 Å². The largest absolute Gasteiger partial charge is 0.449 e. The highest BCUT2D eigenvalue weighted by molar-refractivity contribution is 6.00. The van der Waals surface area contributed by atoms with Crippen LogP contribution in [0.4, 0.5) is 10.5 Å². The molecule has 0 saturated carbocycles. The molecule has 2 amide bonds. The van der Waals surface area contributed by atoms with Gasteiger partial charge in [-0.25, -0.2) is 10.2 Å². The molecule has 0 unspecified atom stereocenters. The third-order valence-corrected chi connectivity index (χ3v) is 2.19. The van der Waals surface area contributed by atoms with E-state index in [0.29, 0.717) is 18.0 Å². The standard InChI is InChI=1S/C13H17N3O3/c1-4-19-13(18)16-15-9(2)11-6-5-7-12(8-11)14-10(3)17/h5-8H,4H2,1-3H3,(H,14,17)(H,16,18)/b15-9-. The third-order valence-electron chi connectivity index (χ3n) is 2.19. The second-order valence-corrected chi connectivity index (χ2v) is 3.79. The van der Waals surface area contributed by atoms with E-state index < -0.39 is 6.09 Å². The van der Waals surface area contributed by atoms with Gasteiger partial charge in [0.05, 0.1) is 12.3 Å². The Morgan fingerprint density at radius 1 is 1.32 bits per heavy atom. The average Bonchev–Trinajstić information content (AvgIpc) is 2.36. The summed E-state index contributed by atoms with van der Waals surface area (Å²) in [4.78, 5) is 22.1. The summed E-state index contributed by atoms with van der Waals surface area (Å²) in [6.07, 6.45) is -0.597. The van der Waals surface area contributed by atoms with Crippen LogP contribution in [-0.4, -0.2) is 24.3 Å². The number of benzene rings is 1. The van der Waals surface area contributed by atoms with E-state index in [4.69, 9.17) is 4.74 Å². The Kier molecular flexibility index (Phi) is 5.53. The normalized spacial score (nSPS) is 10.8. The summed E-state index contributed by atoms with van der Waals surface area (Å²) in [6.45, 7) is 5.19. The first-order valence-corrected chi connectivity index (χ1v) is 5.88. The first-order chi connectivity index (χ1) is 9.02. The summed E-state index contributed by atoms with van der Waals surface area (Å²) in [6, 6.07) is 7.17. The first-order valence-electron chi connectivity index (χ1n) is 5.88. The van der Waals surface area contributed by atoms with Crippen LogP contribution < -0.4 is 10.7 Å². The number of amides is 2. The molecule has 1 rings (SSSR count). The Balaban J connectivity index is 2.75. The molecule has 2 N–H and O–H groups in total. The Hall–Kier alpha value is -2.37. The van der Waals surface area contributed by atoms with Gasteiger partial charge >= 0.3 is 6.09 Å². The second-order valence-electron chi connectivity index (χ2n) is 3.79. The van der Waals surface area contributed by atoms with Crippen LogP contribution in [0, 0.1) is 0 Å². The molecule has 0 atom stereocenters. The summed E-state index contributed by atoms with van der Waals surface area (Å²) < 4.78 is 4.69. The van der Waals surface area contributed by atoms with Crippen LogP contribution in [0.1, 0.15) is 26.3 Å². The number of hydrogen-bond acceptors (Lipinski definition) is 4. The predicted molar refractivity (Wildman–Crippen MR) is 73.1 cm³/mol. The number of carbonyl (C=O) groups excluding carboxylic acids is 2. The Morgan fingerprint density at radius 3 is 2.68 bits per heavy atom. The van der Waals surface area contributed by atoms with E-state index in [-0.39, 0.29) is 5.91 Å². The van der Waals surface area contributed by atoms with Crippen molar-refractivity contribution in [3.8, 4) is 0 Å². The summed E-state index contributed by atoms with van der Waals surface area (Å²) in [5.74, 6) is -0.142. The van der Waals surface area contributed by atoms with Crippen molar-refractivity contribution in [1.29, 1.82) is 0 Å². The zero-order valence-electron chi connectivity index (χ0n) is 11.2. The van der Waals surface area contributed by atoms with Crippen molar-refractivity contribution in [3.05, 3.63) is 29.8 Å². The molecule has 0 fully saturated rings. The van der Waals surface area contributed by atoms with E-state index in [1.165, 1.54) is 6.92 Å². The van der Waals surface area contributed by atoms with Crippen molar-refractivity contribution in [2.45, 2.75) is 20.8 Å². The monoisotopic (exact) mass is 263 g/mol. The van der Waals surface area contributed by atoms with Crippen molar-refractivity contribution in [2.24, 2.45) is 5.10 Å². The molecule has 0 aliphatic heterocycles. The maximum Gasteiger partial charge on any atom is 0.427 e. The van der Waals surface area contributed by atoms with Crippen LogP contribution in [-0.2, 0) is 9.53 Å². The van der Waals surface area contributed by atoms with E-state index in [1.807, 2.05) is 6.07 Å². The molecule has 0 radical (unpaired) electrons. The van der Waals surface area contributed by atoms with Gasteiger partial charge in [0, 0.05) is 12.6 Å². The van der Waals surface area contributed by atoms with Crippen LogP contribution >= 0.6 is 0 Å². The summed E-state index contributed by atoms with van der Waals surface area (Å²) in [5.41, 5.74) is 4.36. The number of hydrogen-bond donors (Lipinski definition) is 2. The lowest BCUT2D eigenvalue weighted by molar-refractivity contribution is -0.114. The molecule has 6 nitrogen and oxygen atoms in total. The first kappa shape index (κ1) is 14.7. The maximum atomic E-state index is 11.1. The fourth-order valence-corrected chi connectivity index (χ4v) is 1.38. The van der Waals surface area contributed by atoms with Crippen molar-refractivity contribution in [2.75, 3.05) is 11.9 Å². The van der Waals surface area contributed by atoms with E-state index >= 15 is 0 Å². The summed E-state index contributed by atoms with van der Waals surface area (Å²) in [5, 5.41) is 6.59. The fraction of sp³-hybridized carbons (Fsp3) is 0.308. The van der Waals surface area contributed by atoms with Crippen LogP contribution in [0.15, 0.2) is 29.4 Å². The molecule has 0 aliphatic rings. The van der Waals surface area contributed by atoms with Crippen molar-refractivity contribution in [1.82, 2.24) is 5.43 Å². The molecule has 0 aliphatic carbocycles. The lowest BCUT2D eigenvalue weighted by Crippen LogP contribution is -2.20. The highest BCUT2D eigenvalue weighted by atomic mass is 16.5. The third kappa shape index (κ3) is 5.20. The van der Waals surface area contributed by atoms with Crippen LogP contribution in [0.25, 0.3) is 0 Å². The Morgan fingerprint density at radius 2 is 2.05 bits per heavy atom. The molecule has 0 heterocycles. The highest BCUT2D eigenvalue weighted by Gasteiger charge is 2.02. The van der Waals surface area contributed by atoms with E-state index in [1.54, 1.807) is 32.0 Å². The SMILES string of the molecule is CCOC(=O)N/N=C(/C)c1cccc(NC(C)=O)c1. The summed E-state index contributed by atoms with van der Waals surface area (Å²) in [7, 11) is 0. The average molecular weight is 263 g/mol. The maximum absolute atomic E-state index is 11.1. The van der Waals surface area contributed by atoms with Gasteiger partial charge in [0.1, 0.15) is 0 Å². The number of nitrogens with zero attached hydrogens (tertiary/aromatic N) is 1. The number of carbonyl (C=O) groups is 2. The minimum atomic E-state index is -0.597. The van der Waals surface area contributed by atoms with Gasteiger partial charge in [0.15, 0.2) is 0 Å². The fourth-order valence-electron chi connectivity index (χ4n) is 1.38. The molecule has 6 heteroatoms. The molecule has 1 aromatic rings. The number of ether oxygens (including phenoxy) is 1. The van der Waals surface area contributed by atoms with Gasteiger partial charge in [-0.2, -0.15) is 5.10 Å². The van der Waals surface area contributed by atoms with Crippen LogP contribution in [0.5, 0.6) is 0 Å². The van der Waals surface area contributed by atoms with Gasteiger partial charge in [-0.1, -0.05) is 12.1 Å². The Bertz CT molecular complexity index is 498. The number of hydrazone groups is 1. The lowest BCUT2D eigenvalue weighted by atomic mass is 10.1.